The van der Waals surface area contributed by atoms with Gasteiger partial charge in [-0.05, 0) is 17.3 Å². The molecule has 3 saturated heterocycles. The van der Waals surface area contributed by atoms with E-state index in [-0.39, 0.29) is 11.5 Å². The Bertz CT molecular complexity index is 558. The standard InChI is InChI=1S/C18H26O5/c1-11(12-6-4-3-5-7-12)15(2)9-17-18(22-17,23-17)10-16(15,14(19)20)13-8-21-13/h11-13H,3-10H2,1-2H3,(H,19,20). The largest absolute Gasteiger partial charge is 0.481 e. The number of carbonyl (C=O) groups is 1. The summed E-state index contributed by atoms with van der Waals surface area (Å²) in [7, 11) is 0. The second kappa shape index (κ2) is 4.12. The molecule has 4 unspecified atom stereocenters. The summed E-state index contributed by atoms with van der Waals surface area (Å²) in [5.74, 6) is -0.836. The lowest BCUT2D eigenvalue weighted by molar-refractivity contribution is -0.171. The first kappa shape index (κ1) is 14.7. The highest BCUT2D eigenvalue weighted by atomic mass is 17.0. The maximum atomic E-state index is 12.5. The summed E-state index contributed by atoms with van der Waals surface area (Å²) in [5.41, 5.74) is -1.22. The van der Waals surface area contributed by atoms with Gasteiger partial charge in [0, 0.05) is 12.8 Å². The Kier molecular flexibility index (Phi) is 2.63. The highest BCUT2D eigenvalue weighted by molar-refractivity contribution is 5.78. The van der Waals surface area contributed by atoms with Crippen LogP contribution in [0.25, 0.3) is 0 Å². The van der Waals surface area contributed by atoms with E-state index in [9.17, 15) is 9.90 Å². The molecule has 23 heavy (non-hydrogen) atoms. The molecule has 0 bridgehead atoms. The fraction of sp³-hybridized carbons (Fsp3) is 0.944. The average molecular weight is 322 g/mol. The molecule has 5 fully saturated rings. The normalized spacial score (nSPS) is 55.5. The van der Waals surface area contributed by atoms with Gasteiger partial charge in [0.05, 0.1) is 12.7 Å². The van der Waals surface area contributed by atoms with Crippen molar-refractivity contribution in [1.29, 1.82) is 0 Å². The van der Waals surface area contributed by atoms with Gasteiger partial charge in [0.25, 0.3) is 0 Å². The van der Waals surface area contributed by atoms with Gasteiger partial charge < -0.3 is 19.3 Å². The second-order valence-electron chi connectivity index (χ2n) is 8.77. The molecule has 0 aromatic rings. The fourth-order valence-electron chi connectivity index (χ4n) is 6.11. The fourth-order valence-corrected chi connectivity index (χ4v) is 6.11. The Morgan fingerprint density at radius 3 is 2.30 bits per heavy atom. The molecule has 3 aliphatic heterocycles. The van der Waals surface area contributed by atoms with Gasteiger partial charge in [0.15, 0.2) is 0 Å². The summed E-state index contributed by atoms with van der Waals surface area (Å²) < 4.78 is 17.2. The maximum absolute atomic E-state index is 12.5. The van der Waals surface area contributed by atoms with Crippen molar-refractivity contribution in [1.82, 2.24) is 0 Å². The minimum absolute atomic E-state index is 0.184. The first-order valence-electron chi connectivity index (χ1n) is 9.15. The van der Waals surface area contributed by atoms with Gasteiger partial charge in [-0.25, -0.2) is 0 Å². The first-order valence-corrected chi connectivity index (χ1v) is 9.15. The average Bonchev–Trinajstić information content (AvgIpc) is 3.39. The lowest BCUT2D eigenvalue weighted by Gasteiger charge is -2.52. The van der Waals surface area contributed by atoms with E-state index in [0.717, 1.165) is 0 Å². The van der Waals surface area contributed by atoms with E-state index in [0.29, 0.717) is 31.3 Å². The molecule has 0 aromatic heterocycles. The molecule has 5 heteroatoms. The van der Waals surface area contributed by atoms with Crippen LogP contribution in [-0.4, -0.2) is 35.4 Å². The molecule has 5 rings (SSSR count). The van der Waals surface area contributed by atoms with Crippen LogP contribution in [0, 0.1) is 22.7 Å². The van der Waals surface area contributed by atoms with Crippen LogP contribution in [0.15, 0.2) is 0 Å². The van der Waals surface area contributed by atoms with Crippen molar-refractivity contribution in [3.63, 3.8) is 0 Å². The van der Waals surface area contributed by atoms with Crippen LogP contribution in [-0.2, 0) is 19.0 Å². The summed E-state index contributed by atoms with van der Waals surface area (Å²) in [6, 6.07) is 0. The number of carboxylic acid groups (broad SMARTS) is 1. The molecule has 128 valence electrons. The third kappa shape index (κ3) is 1.62. The highest BCUT2D eigenvalue weighted by Crippen LogP contribution is 2.82. The predicted molar refractivity (Wildman–Crippen MR) is 80.5 cm³/mol. The summed E-state index contributed by atoms with van der Waals surface area (Å²) in [6.07, 6.45) is 7.26. The number of rotatable bonds is 4. The Morgan fingerprint density at radius 1 is 1.13 bits per heavy atom. The van der Waals surface area contributed by atoms with Gasteiger partial charge in [-0.15, -0.1) is 0 Å². The molecule has 2 aliphatic carbocycles. The van der Waals surface area contributed by atoms with E-state index >= 15 is 0 Å². The molecule has 3 heterocycles. The van der Waals surface area contributed by atoms with Crippen molar-refractivity contribution in [2.45, 2.75) is 76.5 Å². The Balaban J connectivity index is 1.55. The molecular weight excluding hydrogens is 296 g/mol. The highest BCUT2D eigenvalue weighted by Gasteiger charge is 2.97. The molecule has 5 aliphatic rings. The van der Waals surface area contributed by atoms with Crippen LogP contribution in [0.2, 0.25) is 0 Å². The Hall–Kier alpha value is -0.650. The minimum atomic E-state index is -0.875. The lowest BCUT2D eigenvalue weighted by atomic mass is 9.48. The summed E-state index contributed by atoms with van der Waals surface area (Å²) in [4.78, 5) is 12.5. The van der Waals surface area contributed by atoms with Crippen molar-refractivity contribution < 1.29 is 24.1 Å². The second-order valence-corrected chi connectivity index (χ2v) is 8.77. The van der Waals surface area contributed by atoms with E-state index in [2.05, 4.69) is 13.8 Å². The molecule has 0 aromatic carbocycles. The smallest absolute Gasteiger partial charge is 0.313 e. The summed E-state index contributed by atoms with van der Waals surface area (Å²) in [5, 5.41) is 10.3. The summed E-state index contributed by atoms with van der Waals surface area (Å²) >= 11 is 0. The van der Waals surface area contributed by atoms with Gasteiger partial charge >= 0.3 is 5.97 Å². The van der Waals surface area contributed by atoms with Crippen LogP contribution >= 0.6 is 0 Å². The van der Waals surface area contributed by atoms with Crippen LogP contribution in [0.5, 0.6) is 0 Å². The molecule has 5 nitrogen and oxygen atoms in total. The molecule has 2 saturated carbocycles. The van der Waals surface area contributed by atoms with E-state index in [4.69, 9.17) is 14.2 Å². The molecule has 0 amide bonds. The monoisotopic (exact) mass is 322 g/mol. The first-order chi connectivity index (χ1) is 10.9. The quantitative estimate of drug-likeness (QED) is 0.806. The number of hydrogen-bond acceptors (Lipinski definition) is 4. The predicted octanol–water partition coefficient (Wildman–Crippen LogP) is 2.93. The number of hydrogen-bond donors (Lipinski definition) is 1. The zero-order chi connectivity index (χ0) is 16.1. The number of epoxide rings is 3. The Morgan fingerprint density at radius 2 is 1.74 bits per heavy atom. The van der Waals surface area contributed by atoms with Crippen LogP contribution in [0.1, 0.15) is 58.8 Å². The van der Waals surface area contributed by atoms with Crippen LogP contribution in [0.4, 0.5) is 0 Å². The number of ether oxygens (including phenoxy) is 3. The van der Waals surface area contributed by atoms with Crippen molar-refractivity contribution in [3.05, 3.63) is 0 Å². The van der Waals surface area contributed by atoms with E-state index in [1.54, 1.807) is 0 Å². The lowest BCUT2D eigenvalue weighted by Crippen LogP contribution is -2.58. The van der Waals surface area contributed by atoms with E-state index < -0.39 is 23.0 Å². The van der Waals surface area contributed by atoms with Gasteiger partial charge in [0.1, 0.15) is 5.41 Å². The van der Waals surface area contributed by atoms with Crippen molar-refractivity contribution in [2.75, 3.05) is 6.61 Å². The third-order valence-corrected chi connectivity index (χ3v) is 7.91. The topological polar surface area (TPSA) is 74.9 Å². The SMILES string of the molecule is CC(C1CCCCC1)C1(C)CC23OC2(CC1(C(=O)O)C1CO1)O3. The van der Waals surface area contributed by atoms with Gasteiger partial charge in [-0.1, -0.05) is 46.0 Å². The van der Waals surface area contributed by atoms with E-state index in [1.165, 1.54) is 32.1 Å². The third-order valence-electron chi connectivity index (χ3n) is 7.91. The van der Waals surface area contributed by atoms with Crippen LogP contribution in [0.3, 0.4) is 0 Å². The minimum Gasteiger partial charge on any atom is -0.481 e. The maximum Gasteiger partial charge on any atom is 0.313 e. The molecule has 0 spiro atoms. The van der Waals surface area contributed by atoms with Crippen molar-refractivity contribution in [2.24, 2.45) is 22.7 Å². The number of carboxylic acids is 1. The van der Waals surface area contributed by atoms with Gasteiger partial charge in [0.2, 0.25) is 11.6 Å². The van der Waals surface area contributed by atoms with Gasteiger partial charge in [-0.3, -0.25) is 4.79 Å². The van der Waals surface area contributed by atoms with Crippen molar-refractivity contribution in [3.8, 4) is 0 Å². The Labute approximate surface area is 136 Å². The zero-order valence-corrected chi connectivity index (χ0v) is 14.0. The van der Waals surface area contributed by atoms with Crippen LogP contribution < -0.4 is 0 Å². The molecule has 4 atom stereocenters. The number of aliphatic carboxylic acids is 1. The molecule has 0 radical (unpaired) electrons. The van der Waals surface area contributed by atoms with E-state index in [1.807, 2.05) is 0 Å². The van der Waals surface area contributed by atoms with Crippen molar-refractivity contribution >= 4 is 5.97 Å². The zero-order valence-electron chi connectivity index (χ0n) is 14.0. The van der Waals surface area contributed by atoms with Gasteiger partial charge in [-0.2, -0.15) is 0 Å². The summed E-state index contributed by atoms with van der Waals surface area (Å²) in [6.45, 7) is 5.00. The molecular formula is C18H26O5. The molecule has 1 N–H and O–H groups in total.